The Hall–Kier alpha value is -0.0800. The van der Waals surface area contributed by atoms with Crippen LogP contribution in [0.25, 0.3) is 0 Å². The zero-order valence-electron chi connectivity index (χ0n) is 10.1. The van der Waals surface area contributed by atoms with E-state index in [2.05, 4.69) is 25.7 Å². The van der Waals surface area contributed by atoms with Crippen LogP contribution in [0.5, 0.6) is 0 Å². The molecule has 2 heteroatoms. The van der Waals surface area contributed by atoms with E-state index < -0.39 is 5.60 Å². The number of nitrogens with zero attached hydrogens (tertiary/aromatic N) is 1. The minimum absolute atomic E-state index is 0.494. The number of rotatable bonds is 4. The van der Waals surface area contributed by atoms with Crippen molar-refractivity contribution in [3.8, 4) is 0 Å². The first kappa shape index (κ1) is 12.0. The molecule has 2 nitrogen and oxygen atoms in total. The topological polar surface area (TPSA) is 23.5 Å². The van der Waals surface area contributed by atoms with Crippen LogP contribution in [0.15, 0.2) is 0 Å². The molecule has 1 rings (SSSR count). The summed E-state index contributed by atoms with van der Waals surface area (Å²) in [5, 5.41) is 9.97. The molecule has 0 aromatic heterocycles. The van der Waals surface area contributed by atoms with E-state index in [0.29, 0.717) is 0 Å². The first-order valence-electron chi connectivity index (χ1n) is 5.89. The maximum atomic E-state index is 9.97. The van der Waals surface area contributed by atoms with Crippen molar-refractivity contribution in [2.75, 3.05) is 19.6 Å². The summed E-state index contributed by atoms with van der Waals surface area (Å²) in [5.41, 5.74) is -0.494. The third-order valence-corrected chi connectivity index (χ3v) is 3.58. The van der Waals surface area contributed by atoms with Crippen LogP contribution in [0, 0.1) is 11.8 Å². The SMILES string of the molecule is CCC(C)(O)CN1CCC(C(C)C)C1. The molecule has 0 aromatic rings. The molecule has 1 aliphatic rings. The third kappa shape index (κ3) is 3.25. The molecule has 0 bridgehead atoms. The Balaban J connectivity index is 2.36. The zero-order chi connectivity index (χ0) is 10.8. The Morgan fingerprint density at radius 2 is 2.14 bits per heavy atom. The minimum atomic E-state index is -0.494. The highest BCUT2D eigenvalue weighted by Crippen LogP contribution is 2.25. The summed E-state index contributed by atoms with van der Waals surface area (Å²) in [6.07, 6.45) is 2.15. The number of hydrogen-bond donors (Lipinski definition) is 1. The second-order valence-electron chi connectivity index (χ2n) is 5.38. The van der Waals surface area contributed by atoms with Crippen LogP contribution >= 0.6 is 0 Å². The van der Waals surface area contributed by atoms with Gasteiger partial charge >= 0.3 is 0 Å². The van der Waals surface area contributed by atoms with Gasteiger partial charge in [0.15, 0.2) is 0 Å². The van der Waals surface area contributed by atoms with E-state index in [9.17, 15) is 5.11 Å². The average Bonchev–Trinajstić information content (AvgIpc) is 2.52. The molecule has 0 aromatic carbocycles. The van der Waals surface area contributed by atoms with Gasteiger partial charge in [0.05, 0.1) is 5.60 Å². The average molecular weight is 199 g/mol. The highest BCUT2D eigenvalue weighted by Gasteiger charge is 2.29. The normalized spacial score (nSPS) is 28.3. The summed E-state index contributed by atoms with van der Waals surface area (Å²) in [7, 11) is 0. The monoisotopic (exact) mass is 199 g/mol. The predicted octanol–water partition coefficient (Wildman–Crippen LogP) is 2.13. The first-order valence-corrected chi connectivity index (χ1v) is 5.89. The molecule has 2 atom stereocenters. The Morgan fingerprint density at radius 3 is 2.57 bits per heavy atom. The molecule has 0 amide bonds. The molecule has 1 N–H and O–H groups in total. The van der Waals surface area contributed by atoms with Gasteiger partial charge in [0.1, 0.15) is 0 Å². The van der Waals surface area contributed by atoms with Crippen LogP contribution in [0.2, 0.25) is 0 Å². The van der Waals surface area contributed by atoms with Gasteiger partial charge in [-0.15, -0.1) is 0 Å². The maximum absolute atomic E-state index is 9.97. The van der Waals surface area contributed by atoms with Gasteiger partial charge in [0.2, 0.25) is 0 Å². The molecular formula is C12H25NO. The highest BCUT2D eigenvalue weighted by molar-refractivity contribution is 4.83. The summed E-state index contributed by atoms with van der Waals surface area (Å²) < 4.78 is 0. The van der Waals surface area contributed by atoms with Crippen molar-refractivity contribution in [2.24, 2.45) is 11.8 Å². The summed E-state index contributed by atoms with van der Waals surface area (Å²) >= 11 is 0. The summed E-state index contributed by atoms with van der Waals surface area (Å²) in [5.74, 6) is 1.62. The zero-order valence-corrected chi connectivity index (χ0v) is 10.1. The van der Waals surface area contributed by atoms with E-state index in [1.54, 1.807) is 0 Å². The fraction of sp³-hybridized carbons (Fsp3) is 1.00. The van der Waals surface area contributed by atoms with E-state index in [4.69, 9.17) is 0 Å². The molecular weight excluding hydrogens is 174 g/mol. The Bertz CT molecular complexity index is 177. The maximum Gasteiger partial charge on any atom is 0.0743 e. The van der Waals surface area contributed by atoms with Gasteiger partial charge in [0, 0.05) is 13.1 Å². The van der Waals surface area contributed by atoms with Crippen molar-refractivity contribution in [2.45, 2.75) is 46.1 Å². The van der Waals surface area contributed by atoms with Crippen molar-refractivity contribution < 1.29 is 5.11 Å². The summed E-state index contributed by atoms with van der Waals surface area (Å²) in [6, 6.07) is 0. The molecule has 0 aliphatic carbocycles. The van der Waals surface area contributed by atoms with Gasteiger partial charge in [-0.3, -0.25) is 0 Å². The standard InChI is InChI=1S/C12H25NO/c1-5-12(4,14)9-13-7-6-11(8-13)10(2)3/h10-11,14H,5-9H2,1-4H3. The second kappa shape index (κ2) is 4.63. The molecule has 0 radical (unpaired) electrons. The van der Waals surface area contributed by atoms with Gasteiger partial charge < -0.3 is 10.0 Å². The van der Waals surface area contributed by atoms with Crippen LogP contribution in [-0.2, 0) is 0 Å². The largest absolute Gasteiger partial charge is 0.389 e. The van der Waals surface area contributed by atoms with Crippen molar-refractivity contribution >= 4 is 0 Å². The Kier molecular flexibility index (Phi) is 3.96. The van der Waals surface area contributed by atoms with Crippen LogP contribution < -0.4 is 0 Å². The predicted molar refractivity (Wildman–Crippen MR) is 60.3 cm³/mol. The molecule has 1 fully saturated rings. The lowest BCUT2D eigenvalue weighted by molar-refractivity contribution is 0.0216. The molecule has 0 saturated carbocycles. The van der Waals surface area contributed by atoms with E-state index in [1.165, 1.54) is 19.5 Å². The quantitative estimate of drug-likeness (QED) is 0.749. The van der Waals surface area contributed by atoms with Crippen LogP contribution in [-0.4, -0.2) is 35.2 Å². The lowest BCUT2D eigenvalue weighted by atomic mass is 9.95. The van der Waals surface area contributed by atoms with Gasteiger partial charge in [-0.2, -0.15) is 0 Å². The first-order chi connectivity index (χ1) is 6.44. The molecule has 1 aliphatic heterocycles. The van der Waals surface area contributed by atoms with Crippen LogP contribution in [0.4, 0.5) is 0 Å². The van der Waals surface area contributed by atoms with E-state index in [0.717, 1.165) is 24.8 Å². The molecule has 84 valence electrons. The smallest absolute Gasteiger partial charge is 0.0743 e. The fourth-order valence-electron chi connectivity index (χ4n) is 2.14. The lowest BCUT2D eigenvalue weighted by Crippen LogP contribution is -2.39. The van der Waals surface area contributed by atoms with Gasteiger partial charge in [0.25, 0.3) is 0 Å². The highest BCUT2D eigenvalue weighted by atomic mass is 16.3. The number of likely N-dealkylation sites (tertiary alicyclic amines) is 1. The molecule has 14 heavy (non-hydrogen) atoms. The van der Waals surface area contributed by atoms with Gasteiger partial charge in [-0.25, -0.2) is 0 Å². The number of β-amino-alcohol motifs (C(OH)–C–C–N with tert-alkyl or cyclic N) is 1. The van der Waals surface area contributed by atoms with E-state index in [-0.39, 0.29) is 0 Å². The van der Waals surface area contributed by atoms with Crippen molar-refractivity contribution in [1.82, 2.24) is 4.90 Å². The Morgan fingerprint density at radius 1 is 1.50 bits per heavy atom. The molecule has 2 unspecified atom stereocenters. The number of aliphatic hydroxyl groups is 1. The van der Waals surface area contributed by atoms with Crippen molar-refractivity contribution in [1.29, 1.82) is 0 Å². The third-order valence-electron chi connectivity index (χ3n) is 3.58. The van der Waals surface area contributed by atoms with Gasteiger partial charge in [-0.1, -0.05) is 20.8 Å². The minimum Gasteiger partial charge on any atom is -0.389 e. The van der Waals surface area contributed by atoms with E-state index >= 15 is 0 Å². The fourth-order valence-corrected chi connectivity index (χ4v) is 2.14. The Labute approximate surface area is 88.3 Å². The van der Waals surface area contributed by atoms with Crippen molar-refractivity contribution in [3.05, 3.63) is 0 Å². The molecule has 1 saturated heterocycles. The summed E-state index contributed by atoms with van der Waals surface area (Å²) in [6.45, 7) is 11.8. The van der Waals surface area contributed by atoms with Crippen LogP contribution in [0.3, 0.4) is 0 Å². The lowest BCUT2D eigenvalue weighted by Gasteiger charge is -2.28. The van der Waals surface area contributed by atoms with Gasteiger partial charge in [-0.05, 0) is 38.1 Å². The summed E-state index contributed by atoms with van der Waals surface area (Å²) in [4.78, 5) is 2.41. The molecule has 0 spiro atoms. The molecule has 1 heterocycles. The van der Waals surface area contributed by atoms with E-state index in [1.807, 2.05) is 6.92 Å². The van der Waals surface area contributed by atoms with Crippen LogP contribution in [0.1, 0.15) is 40.5 Å². The van der Waals surface area contributed by atoms with Crippen molar-refractivity contribution in [3.63, 3.8) is 0 Å². The number of hydrogen-bond acceptors (Lipinski definition) is 2. The second-order valence-corrected chi connectivity index (χ2v) is 5.38.